The summed E-state index contributed by atoms with van der Waals surface area (Å²) in [5.41, 5.74) is 2.54. The van der Waals surface area contributed by atoms with Crippen LogP contribution in [0, 0.1) is 0 Å². The summed E-state index contributed by atoms with van der Waals surface area (Å²) in [6, 6.07) is 20.7. The molecule has 0 aromatic heterocycles. The van der Waals surface area contributed by atoms with Crippen molar-refractivity contribution in [2.45, 2.75) is 6.61 Å². The maximum Gasteiger partial charge on any atom is 0.363 e. The highest BCUT2D eigenvalue weighted by atomic mass is 16.6. The van der Waals surface area contributed by atoms with Gasteiger partial charge in [-0.15, -0.1) is 0 Å². The second-order valence-corrected chi connectivity index (χ2v) is 7.10. The molecule has 4 rings (SSSR count). The summed E-state index contributed by atoms with van der Waals surface area (Å²) in [6.45, 7) is 0.451. The van der Waals surface area contributed by atoms with E-state index in [0.717, 1.165) is 11.1 Å². The molecule has 0 atom stereocenters. The number of hydrogen-bond donors (Lipinski definition) is 0. The lowest BCUT2D eigenvalue weighted by molar-refractivity contribution is -0.129. The molecule has 1 aliphatic rings. The number of methoxy groups -OCH3 is 3. The molecule has 0 unspecified atom stereocenters. The number of hydrogen-bond acceptors (Lipinski definition) is 7. The maximum absolute atomic E-state index is 12.5. The van der Waals surface area contributed by atoms with Gasteiger partial charge in [0.05, 0.1) is 21.3 Å². The van der Waals surface area contributed by atoms with Crippen LogP contribution in [0.2, 0.25) is 0 Å². The van der Waals surface area contributed by atoms with E-state index in [1.807, 2.05) is 54.6 Å². The topological polar surface area (TPSA) is 75.6 Å². The molecule has 1 aliphatic heterocycles. The van der Waals surface area contributed by atoms with Crippen LogP contribution in [0.15, 0.2) is 77.4 Å². The molecule has 1 heterocycles. The first kappa shape index (κ1) is 22.0. The third kappa shape index (κ3) is 4.98. The fraction of sp³-hybridized carbons (Fsp3) is 0.154. The molecule has 0 saturated carbocycles. The summed E-state index contributed by atoms with van der Waals surface area (Å²) < 4.78 is 27.3. The van der Waals surface area contributed by atoms with Gasteiger partial charge < -0.3 is 23.7 Å². The van der Waals surface area contributed by atoms with Crippen molar-refractivity contribution in [3.8, 4) is 23.0 Å². The van der Waals surface area contributed by atoms with E-state index < -0.39 is 5.97 Å². The zero-order valence-electron chi connectivity index (χ0n) is 18.5. The highest BCUT2D eigenvalue weighted by molar-refractivity contribution is 6.13. The summed E-state index contributed by atoms with van der Waals surface area (Å²) in [4.78, 5) is 16.8. The van der Waals surface area contributed by atoms with Gasteiger partial charge in [0.1, 0.15) is 12.4 Å². The number of aliphatic imine (C=N–C) groups is 1. The van der Waals surface area contributed by atoms with Crippen molar-refractivity contribution < 1.29 is 28.5 Å². The summed E-state index contributed by atoms with van der Waals surface area (Å²) in [5.74, 6) is 1.61. The van der Waals surface area contributed by atoms with Gasteiger partial charge in [-0.2, -0.15) is 0 Å². The lowest BCUT2D eigenvalue weighted by Crippen LogP contribution is -2.06. The zero-order valence-corrected chi connectivity index (χ0v) is 18.5. The van der Waals surface area contributed by atoms with Crippen molar-refractivity contribution in [2.24, 2.45) is 4.99 Å². The molecule has 0 fully saturated rings. The Balaban J connectivity index is 1.57. The molecule has 0 spiro atoms. The van der Waals surface area contributed by atoms with E-state index in [2.05, 4.69) is 4.99 Å². The van der Waals surface area contributed by atoms with Gasteiger partial charge in [0.25, 0.3) is 0 Å². The second kappa shape index (κ2) is 9.91. The number of cyclic esters (lactones) is 1. The highest BCUT2D eigenvalue weighted by Crippen LogP contribution is 2.39. The van der Waals surface area contributed by atoms with Gasteiger partial charge in [-0.05, 0) is 41.5 Å². The lowest BCUT2D eigenvalue weighted by Gasteiger charge is -2.13. The number of carbonyl (C=O) groups is 1. The van der Waals surface area contributed by atoms with Crippen molar-refractivity contribution in [1.29, 1.82) is 0 Å². The Hall–Kier alpha value is -4.26. The number of esters is 1. The van der Waals surface area contributed by atoms with Crippen LogP contribution in [-0.4, -0.2) is 33.2 Å². The Bertz CT molecular complexity index is 1190. The van der Waals surface area contributed by atoms with Gasteiger partial charge in [0.15, 0.2) is 17.2 Å². The fourth-order valence-corrected chi connectivity index (χ4v) is 3.33. The van der Waals surface area contributed by atoms with Crippen LogP contribution in [0.4, 0.5) is 0 Å². The maximum atomic E-state index is 12.5. The first-order valence-corrected chi connectivity index (χ1v) is 10.2. The van der Waals surface area contributed by atoms with Crippen LogP contribution in [0.3, 0.4) is 0 Å². The van der Waals surface area contributed by atoms with Crippen LogP contribution >= 0.6 is 0 Å². The van der Waals surface area contributed by atoms with Crippen LogP contribution in [0.25, 0.3) is 6.08 Å². The first-order valence-electron chi connectivity index (χ1n) is 10.2. The molecular formula is C26H23NO6. The standard InChI is InChI=1S/C26H23NO6/c1-29-22-14-19(15-23(30-2)24(22)31-3)25-27-21(26(28)33-25)13-18-10-7-11-20(12-18)32-16-17-8-5-4-6-9-17/h4-15H,16H2,1-3H3/b21-13-. The molecule has 0 amide bonds. The molecular weight excluding hydrogens is 422 g/mol. The molecule has 0 N–H and O–H groups in total. The van der Waals surface area contributed by atoms with Crippen molar-refractivity contribution in [3.05, 3.63) is 89.1 Å². The van der Waals surface area contributed by atoms with Crippen molar-refractivity contribution in [1.82, 2.24) is 0 Å². The summed E-state index contributed by atoms with van der Waals surface area (Å²) in [5, 5.41) is 0. The predicted octanol–water partition coefficient (Wildman–Crippen LogP) is 4.64. The smallest absolute Gasteiger partial charge is 0.363 e. The zero-order chi connectivity index (χ0) is 23.2. The normalized spacial score (nSPS) is 14.0. The third-order valence-electron chi connectivity index (χ3n) is 4.94. The summed E-state index contributed by atoms with van der Waals surface area (Å²) in [6.07, 6.45) is 1.66. The number of ether oxygens (including phenoxy) is 5. The second-order valence-electron chi connectivity index (χ2n) is 7.10. The Morgan fingerprint density at radius 2 is 1.61 bits per heavy atom. The molecule has 168 valence electrons. The van der Waals surface area contributed by atoms with Gasteiger partial charge in [-0.3, -0.25) is 0 Å². The van der Waals surface area contributed by atoms with Crippen LogP contribution in [0.5, 0.6) is 23.0 Å². The molecule has 3 aromatic carbocycles. The Morgan fingerprint density at radius 1 is 0.879 bits per heavy atom. The number of carbonyl (C=O) groups excluding carboxylic acids is 1. The molecule has 0 bridgehead atoms. The summed E-state index contributed by atoms with van der Waals surface area (Å²) in [7, 11) is 4.55. The average molecular weight is 445 g/mol. The highest BCUT2D eigenvalue weighted by Gasteiger charge is 2.26. The average Bonchev–Trinajstić information content (AvgIpc) is 3.22. The third-order valence-corrected chi connectivity index (χ3v) is 4.94. The van der Waals surface area contributed by atoms with E-state index in [1.54, 1.807) is 18.2 Å². The van der Waals surface area contributed by atoms with E-state index in [1.165, 1.54) is 21.3 Å². The minimum Gasteiger partial charge on any atom is -0.493 e. The van der Waals surface area contributed by atoms with Gasteiger partial charge in [0.2, 0.25) is 11.6 Å². The van der Waals surface area contributed by atoms with Crippen LogP contribution < -0.4 is 18.9 Å². The molecule has 7 heteroatoms. The molecule has 0 radical (unpaired) electrons. The minimum absolute atomic E-state index is 0.155. The van der Waals surface area contributed by atoms with E-state index >= 15 is 0 Å². The van der Waals surface area contributed by atoms with E-state index in [9.17, 15) is 4.79 Å². The van der Waals surface area contributed by atoms with Gasteiger partial charge in [-0.25, -0.2) is 9.79 Å². The van der Waals surface area contributed by atoms with E-state index in [-0.39, 0.29) is 11.6 Å². The lowest BCUT2D eigenvalue weighted by atomic mass is 10.1. The molecule has 33 heavy (non-hydrogen) atoms. The van der Waals surface area contributed by atoms with Crippen LogP contribution in [-0.2, 0) is 16.1 Å². The number of benzene rings is 3. The van der Waals surface area contributed by atoms with Gasteiger partial charge >= 0.3 is 5.97 Å². The van der Waals surface area contributed by atoms with Gasteiger partial charge in [-0.1, -0.05) is 42.5 Å². The summed E-state index contributed by atoms with van der Waals surface area (Å²) >= 11 is 0. The Labute approximate surface area is 191 Å². The molecule has 3 aromatic rings. The number of nitrogens with zero attached hydrogens (tertiary/aromatic N) is 1. The monoisotopic (exact) mass is 445 g/mol. The minimum atomic E-state index is -0.547. The van der Waals surface area contributed by atoms with Crippen molar-refractivity contribution >= 4 is 17.9 Å². The van der Waals surface area contributed by atoms with Gasteiger partial charge in [0, 0.05) is 5.56 Å². The van der Waals surface area contributed by atoms with Crippen LogP contribution in [0.1, 0.15) is 16.7 Å². The molecule has 0 aliphatic carbocycles. The van der Waals surface area contributed by atoms with Crippen molar-refractivity contribution in [2.75, 3.05) is 21.3 Å². The molecule has 7 nitrogen and oxygen atoms in total. The fourth-order valence-electron chi connectivity index (χ4n) is 3.33. The predicted molar refractivity (Wildman–Crippen MR) is 124 cm³/mol. The largest absolute Gasteiger partial charge is 0.493 e. The Kier molecular flexibility index (Phi) is 6.59. The Morgan fingerprint density at radius 3 is 2.27 bits per heavy atom. The first-order chi connectivity index (χ1) is 16.1. The molecule has 0 saturated heterocycles. The number of rotatable bonds is 8. The quantitative estimate of drug-likeness (QED) is 0.372. The SMILES string of the molecule is COc1cc(C2=N/C(=C\c3cccc(OCc4ccccc4)c3)C(=O)O2)cc(OC)c1OC. The van der Waals surface area contributed by atoms with E-state index in [0.29, 0.717) is 35.2 Å². The van der Waals surface area contributed by atoms with Crippen molar-refractivity contribution in [3.63, 3.8) is 0 Å². The van der Waals surface area contributed by atoms with E-state index in [4.69, 9.17) is 23.7 Å².